The van der Waals surface area contributed by atoms with Gasteiger partial charge < -0.3 is 4.74 Å². The summed E-state index contributed by atoms with van der Waals surface area (Å²) in [6, 6.07) is 6.76. The monoisotopic (exact) mass is 296 g/mol. The predicted octanol–water partition coefficient (Wildman–Crippen LogP) is 2.66. The van der Waals surface area contributed by atoms with Crippen LogP contribution in [0.15, 0.2) is 29.2 Å². The Hall–Kier alpha value is -0.910. The van der Waals surface area contributed by atoms with E-state index in [1.807, 2.05) is 6.92 Å². The van der Waals surface area contributed by atoms with E-state index in [4.69, 9.17) is 8.92 Å². The van der Waals surface area contributed by atoms with Gasteiger partial charge >= 0.3 is 0 Å². The van der Waals surface area contributed by atoms with Crippen molar-refractivity contribution in [3.8, 4) is 0 Å². The van der Waals surface area contributed by atoms with Crippen LogP contribution in [0.25, 0.3) is 0 Å². The first-order valence-electron chi connectivity index (χ1n) is 7.09. The van der Waals surface area contributed by atoms with Crippen molar-refractivity contribution in [1.82, 2.24) is 0 Å². The van der Waals surface area contributed by atoms with Crippen LogP contribution in [-0.4, -0.2) is 27.2 Å². The molecule has 1 aliphatic heterocycles. The van der Waals surface area contributed by atoms with Gasteiger partial charge in [-0.2, -0.15) is 8.42 Å². The lowest BCUT2D eigenvalue weighted by Gasteiger charge is -2.25. The van der Waals surface area contributed by atoms with Gasteiger partial charge in [0.05, 0.1) is 23.7 Å². The van der Waals surface area contributed by atoms with Gasteiger partial charge in [0, 0.05) is 0 Å². The first-order valence-corrected chi connectivity index (χ1v) is 8.50. The molecule has 1 aromatic rings. The van der Waals surface area contributed by atoms with Gasteiger partial charge in [-0.15, -0.1) is 0 Å². The Bertz CT molecular complexity index is 562. The summed E-state index contributed by atoms with van der Waals surface area (Å²) in [5.41, 5.74) is 1.18. The fourth-order valence-electron chi connectivity index (χ4n) is 2.72. The Labute approximate surface area is 120 Å². The number of epoxide rings is 1. The molecular formula is C15H20O4S. The molecule has 0 N–H and O–H groups in total. The normalized spacial score (nSPS) is 29.6. The zero-order chi connectivity index (χ0) is 14.2. The highest BCUT2D eigenvalue weighted by Crippen LogP contribution is 2.43. The third kappa shape index (κ3) is 3.05. The molecule has 1 heterocycles. The van der Waals surface area contributed by atoms with Crippen molar-refractivity contribution in [2.24, 2.45) is 5.92 Å². The Balaban J connectivity index is 1.55. The topological polar surface area (TPSA) is 55.9 Å². The van der Waals surface area contributed by atoms with Crippen LogP contribution in [0, 0.1) is 12.8 Å². The van der Waals surface area contributed by atoms with Crippen molar-refractivity contribution < 1.29 is 17.3 Å². The van der Waals surface area contributed by atoms with E-state index in [9.17, 15) is 8.42 Å². The summed E-state index contributed by atoms with van der Waals surface area (Å²) >= 11 is 0. The molecule has 2 fully saturated rings. The molecule has 0 bridgehead atoms. The molecule has 0 unspecified atom stereocenters. The molecule has 1 saturated carbocycles. The summed E-state index contributed by atoms with van der Waals surface area (Å²) in [5, 5.41) is 0. The van der Waals surface area contributed by atoms with E-state index in [0.717, 1.165) is 37.9 Å². The summed E-state index contributed by atoms with van der Waals surface area (Å²) < 4.78 is 34.8. The van der Waals surface area contributed by atoms with Crippen molar-refractivity contribution in [3.05, 3.63) is 29.8 Å². The van der Waals surface area contributed by atoms with Gasteiger partial charge in [0.15, 0.2) is 0 Å². The Morgan fingerprint density at radius 2 is 1.85 bits per heavy atom. The number of ether oxygens (including phenoxy) is 1. The SMILES string of the molecule is Cc1ccc(S(=O)(=O)OCC2CCC3(CC2)CO3)cc1. The average molecular weight is 296 g/mol. The molecular weight excluding hydrogens is 276 g/mol. The minimum atomic E-state index is -3.62. The van der Waals surface area contributed by atoms with Crippen molar-refractivity contribution in [2.75, 3.05) is 13.2 Å². The largest absolute Gasteiger partial charge is 0.370 e. The highest BCUT2D eigenvalue weighted by atomic mass is 32.2. The van der Waals surface area contributed by atoms with Gasteiger partial charge in [-0.3, -0.25) is 4.18 Å². The molecule has 0 radical (unpaired) electrons. The Kier molecular flexibility index (Phi) is 3.60. The molecule has 1 spiro atoms. The lowest BCUT2D eigenvalue weighted by molar-refractivity contribution is 0.156. The molecule has 1 aliphatic carbocycles. The van der Waals surface area contributed by atoms with Crippen molar-refractivity contribution in [3.63, 3.8) is 0 Å². The van der Waals surface area contributed by atoms with E-state index in [1.54, 1.807) is 24.3 Å². The lowest BCUT2D eigenvalue weighted by Crippen LogP contribution is -2.25. The fraction of sp³-hybridized carbons (Fsp3) is 0.600. The number of hydrogen-bond acceptors (Lipinski definition) is 4. The van der Waals surface area contributed by atoms with Crippen molar-refractivity contribution in [2.45, 2.75) is 43.1 Å². The van der Waals surface area contributed by atoms with Gasteiger partial charge in [0.25, 0.3) is 10.1 Å². The van der Waals surface area contributed by atoms with Crippen LogP contribution < -0.4 is 0 Å². The maximum Gasteiger partial charge on any atom is 0.296 e. The maximum absolute atomic E-state index is 12.1. The lowest BCUT2D eigenvalue weighted by atomic mass is 9.83. The van der Waals surface area contributed by atoms with E-state index in [1.165, 1.54) is 0 Å². The van der Waals surface area contributed by atoms with Gasteiger partial charge in [-0.05, 0) is 50.7 Å². The highest BCUT2D eigenvalue weighted by Gasteiger charge is 2.46. The van der Waals surface area contributed by atoms with Crippen LogP contribution in [0.5, 0.6) is 0 Å². The van der Waals surface area contributed by atoms with Crippen LogP contribution in [0.3, 0.4) is 0 Å². The fourth-order valence-corrected chi connectivity index (χ4v) is 3.70. The minimum Gasteiger partial charge on any atom is -0.370 e. The second-order valence-corrected chi connectivity index (χ2v) is 7.58. The summed E-state index contributed by atoms with van der Waals surface area (Å²) in [6.45, 7) is 3.09. The van der Waals surface area contributed by atoms with E-state index in [2.05, 4.69) is 0 Å². The van der Waals surface area contributed by atoms with E-state index >= 15 is 0 Å². The summed E-state index contributed by atoms with van der Waals surface area (Å²) in [5.74, 6) is 0.324. The molecule has 20 heavy (non-hydrogen) atoms. The molecule has 4 nitrogen and oxygen atoms in total. The smallest absolute Gasteiger partial charge is 0.296 e. The van der Waals surface area contributed by atoms with Crippen LogP contribution in [0.4, 0.5) is 0 Å². The second kappa shape index (κ2) is 5.13. The predicted molar refractivity (Wildman–Crippen MR) is 75.0 cm³/mol. The summed E-state index contributed by atoms with van der Waals surface area (Å²) in [4.78, 5) is 0.237. The molecule has 1 aromatic carbocycles. The third-order valence-electron chi connectivity index (χ3n) is 4.34. The van der Waals surface area contributed by atoms with E-state index in [-0.39, 0.29) is 17.1 Å². The molecule has 3 rings (SSSR count). The van der Waals surface area contributed by atoms with Gasteiger partial charge in [-0.25, -0.2) is 0 Å². The van der Waals surface area contributed by atoms with Crippen molar-refractivity contribution >= 4 is 10.1 Å². The zero-order valence-corrected chi connectivity index (χ0v) is 12.5. The quantitative estimate of drug-likeness (QED) is 0.633. The van der Waals surface area contributed by atoms with Crippen LogP contribution in [0.1, 0.15) is 31.2 Å². The number of benzene rings is 1. The average Bonchev–Trinajstić information content (AvgIpc) is 3.18. The zero-order valence-electron chi connectivity index (χ0n) is 11.7. The third-order valence-corrected chi connectivity index (χ3v) is 5.63. The van der Waals surface area contributed by atoms with E-state index in [0.29, 0.717) is 5.92 Å². The maximum atomic E-state index is 12.1. The molecule has 5 heteroatoms. The van der Waals surface area contributed by atoms with Gasteiger partial charge in [-0.1, -0.05) is 17.7 Å². The Morgan fingerprint density at radius 3 is 2.40 bits per heavy atom. The highest BCUT2D eigenvalue weighted by molar-refractivity contribution is 7.86. The van der Waals surface area contributed by atoms with Crippen LogP contribution >= 0.6 is 0 Å². The van der Waals surface area contributed by atoms with Crippen molar-refractivity contribution in [1.29, 1.82) is 0 Å². The van der Waals surface area contributed by atoms with Crippen LogP contribution in [-0.2, 0) is 19.0 Å². The number of aryl methyl sites for hydroxylation is 1. The molecule has 0 aromatic heterocycles. The Morgan fingerprint density at radius 1 is 1.25 bits per heavy atom. The van der Waals surface area contributed by atoms with Crippen LogP contribution in [0.2, 0.25) is 0 Å². The van der Waals surface area contributed by atoms with E-state index < -0.39 is 10.1 Å². The van der Waals surface area contributed by atoms with Gasteiger partial charge in [0.2, 0.25) is 0 Å². The molecule has 110 valence electrons. The van der Waals surface area contributed by atoms with Gasteiger partial charge in [0.1, 0.15) is 0 Å². The first kappa shape index (κ1) is 14.0. The molecule has 1 saturated heterocycles. The molecule has 0 atom stereocenters. The summed E-state index contributed by atoms with van der Waals surface area (Å²) in [6.07, 6.45) is 4.05. The second-order valence-electron chi connectivity index (χ2n) is 5.97. The number of rotatable bonds is 4. The first-order chi connectivity index (χ1) is 9.49. The standard InChI is InChI=1S/C15H20O4S/c1-12-2-4-14(5-3-12)20(16,17)19-10-13-6-8-15(9-7-13)11-18-15/h2-5,13H,6-11H2,1H3. The minimum absolute atomic E-state index is 0.145. The number of hydrogen-bond donors (Lipinski definition) is 0. The molecule has 2 aliphatic rings. The molecule has 0 amide bonds. The summed E-state index contributed by atoms with van der Waals surface area (Å²) in [7, 11) is -3.62.